The van der Waals surface area contributed by atoms with Gasteiger partial charge in [-0.05, 0) is 110 Å². The number of nitrogens with zero attached hydrogens (tertiary/aromatic N) is 1. The second-order valence-corrected chi connectivity index (χ2v) is 14.5. The van der Waals surface area contributed by atoms with E-state index in [1.807, 2.05) is 24.1 Å². The minimum absolute atomic E-state index is 0.0163. The zero-order valence-electron chi connectivity index (χ0n) is 25.8. The highest BCUT2D eigenvalue weighted by molar-refractivity contribution is 5.73. The lowest BCUT2D eigenvalue weighted by Gasteiger charge is -2.37. The quantitative estimate of drug-likeness (QED) is 0.376. The normalized spacial score (nSPS) is 27.1. The molecule has 4 nitrogen and oxygen atoms in total. The van der Waals surface area contributed by atoms with E-state index < -0.39 is 12.0 Å². The Kier molecular flexibility index (Phi) is 9.16. The highest BCUT2D eigenvalue weighted by Crippen LogP contribution is 2.48. The predicted octanol–water partition coefficient (Wildman–Crippen LogP) is 8.25. The van der Waals surface area contributed by atoms with Crippen LogP contribution in [0.15, 0.2) is 42.5 Å². The summed E-state index contributed by atoms with van der Waals surface area (Å²) in [5, 5.41) is 9.74. The molecule has 0 bridgehead atoms. The van der Waals surface area contributed by atoms with Gasteiger partial charge in [0, 0.05) is 5.92 Å². The summed E-state index contributed by atoms with van der Waals surface area (Å²) in [6.45, 7) is 16.5. The van der Waals surface area contributed by atoms with Crippen LogP contribution in [0.3, 0.4) is 0 Å². The van der Waals surface area contributed by atoms with Gasteiger partial charge >= 0.3 is 5.97 Å². The number of carboxylic acids is 1. The number of rotatable bonds is 7. The molecular weight excluding hydrogens is 501 g/mol. The molecule has 1 saturated carbocycles. The number of likely N-dealkylation sites (N-methyl/N-ethyl adjacent to an activating group) is 1. The Morgan fingerprint density at radius 1 is 1.02 bits per heavy atom. The van der Waals surface area contributed by atoms with E-state index in [0.717, 1.165) is 37.8 Å². The summed E-state index contributed by atoms with van der Waals surface area (Å²) in [5.41, 5.74) is 5.08. The average Bonchev–Trinajstić information content (AvgIpc) is 3.25. The molecule has 1 aliphatic carbocycles. The Labute approximate surface area is 241 Å². The van der Waals surface area contributed by atoms with Crippen LogP contribution < -0.4 is 0 Å². The first-order chi connectivity index (χ1) is 18.6. The van der Waals surface area contributed by atoms with Crippen molar-refractivity contribution < 1.29 is 19.0 Å². The predicted molar refractivity (Wildman–Crippen MR) is 160 cm³/mol. The van der Waals surface area contributed by atoms with Crippen molar-refractivity contribution in [2.45, 2.75) is 116 Å². The van der Waals surface area contributed by atoms with Crippen LogP contribution in [0.2, 0.25) is 0 Å². The smallest absolute Gasteiger partial charge is 0.320 e. The highest BCUT2D eigenvalue weighted by atomic mass is 19.1. The summed E-state index contributed by atoms with van der Waals surface area (Å²) in [7, 11) is 1.91. The van der Waals surface area contributed by atoms with Gasteiger partial charge in [0.15, 0.2) is 0 Å². The maximum atomic E-state index is 13.9. The third kappa shape index (κ3) is 6.97. The summed E-state index contributed by atoms with van der Waals surface area (Å²) < 4.78 is 20.9. The molecule has 0 amide bonds. The molecule has 1 aliphatic heterocycles. The number of hydrogen-bond acceptors (Lipinski definition) is 3. The van der Waals surface area contributed by atoms with E-state index in [0.29, 0.717) is 18.3 Å². The van der Waals surface area contributed by atoms with Gasteiger partial charge < -0.3 is 9.84 Å². The van der Waals surface area contributed by atoms with Crippen molar-refractivity contribution >= 4 is 5.97 Å². The van der Waals surface area contributed by atoms with E-state index in [2.05, 4.69) is 66.7 Å². The van der Waals surface area contributed by atoms with Crippen LogP contribution in [0.25, 0.3) is 0 Å². The van der Waals surface area contributed by atoms with Gasteiger partial charge in [-0.2, -0.15) is 0 Å². The van der Waals surface area contributed by atoms with Crippen molar-refractivity contribution in [2.24, 2.45) is 11.8 Å². The molecule has 1 N–H and O–H groups in total. The summed E-state index contributed by atoms with van der Waals surface area (Å²) in [4.78, 5) is 13.8. The van der Waals surface area contributed by atoms with Gasteiger partial charge in [-0.25, -0.2) is 4.39 Å². The zero-order valence-corrected chi connectivity index (χ0v) is 25.8. The molecule has 40 heavy (non-hydrogen) atoms. The number of carbonyl (C=O) groups is 1. The molecule has 1 heterocycles. The maximum Gasteiger partial charge on any atom is 0.320 e. The molecule has 2 aliphatic rings. The van der Waals surface area contributed by atoms with Crippen LogP contribution in [0.1, 0.15) is 115 Å². The van der Waals surface area contributed by atoms with Gasteiger partial charge in [0.05, 0.1) is 12.2 Å². The van der Waals surface area contributed by atoms with Gasteiger partial charge in [0.2, 0.25) is 0 Å². The van der Waals surface area contributed by atoms with Crippen LogP contribution in [-0.2, 0) is 20.4 Å². The van der Waals surface area contributed by atoms with E-state index in [9.17, 15) is 14.3 Å². The number of hydrogen-bond donors (Lipinski definition) is 1. The van der Waals surface area contributed by atoms with Gasteiger partial charge in [-0.15, -0.1) is 0 Å². The number of aliphatic carboxylic acids is 1. The third-order valence-corrected chi connectivity index (χ3v) is 9.43. The minimum Gasteiger partial charge on any atom is -0.480 e. The fourth-order valence-electron chi connectivity index (χ4n) is 7.08. The van der Waals surface area contributed by atoms with Gasteiger partial charge in [-0.1, -0.05) is 71.9 Å². The fourth-order valence-corrected chi connectivity index (χ4v) is 7.08. The Balaban J connectivity index is 1.59. The molecule has 6 unspecified atom stereocenters. The molecule has 2 fully saturated rings. The molecule has 2 aromatic carbocycles. The second-order valence-electron chi connectivity index (χ2n) is 14.5. The molecule has 2 aromatic rings. The van der Waals surface area contributed by atoms with Crippen LogP contribution >= 0.6 is 0 Å². The van der Waals surface area contributed by atoms with Gasteiger partial charge in [-0.3, -0.25) is 9.69 Å². The largest absolute Gasteiger partial charge is 0.480 e. The lowest BCUT2D eigenvalue weighted by molar-refractivity contribution is -0.144. The Bertz CT molecular complexity index is 1160. The van der Waals surface area contributed by atoms with Crippen molar-refractivity contribution in [3.8, 4) is 0 Å². The van der Waals surface area contributed by atoms with E-state index in [1.54, 1.807) is 12.1 Å². The molecule has 1 saturated heterocycles. The number of piperidine rings is 1. The average molecular weight is 552 g/mol. The van der Waals surface area contributed by atoms with Gasteiger partial charge in [0.1, 0.15) is 11.9 Å². The summed E-state index contributed by atoms with van der Waals surface area (Å²) in [6.07, 6.45) is 4.65. The summed E-state index contributed by atoms with van der Waals surface area (Å²) in [5.74, 6) is -0.0268. The van der Waals surface area contributed by atoms with Crippen molar-refractivity contribution in [3.05, 3.63) is 70.5 Å². The Morgan fingerprint density at radius 2 is 1.70 bits per heavy atom. The minimum atomic E-state index is -0.726. The van der Waals surface area contributed by atoms with Crippen molar-refractivity contribution in [3.63, 3.8) is 0 Å². The fraction of sp³-hybridized carbons (Fsp3) is 0.629. The van der Waals surface area contributed by atoms with Crippen LogP contribution in [0, 0.1) is 17.7 Å². The first-order valence-corrected chi connectivity index (χ1v) is 15.1. The second kappa shape index (κ2) is 11.9. The zero-order chi connectivity index (χ0) is 29.4. The summed E-state index contributed by atoms with van der Waals surface area (Å²) in [6, 6.07) is 13.4. The van der Waals surface area contributed by atoms with Crippen LogP contribution in [0.5, 0.6) is 0 Å². The van der Waals surface area contributed by atoms with Gasteiger partial charge in [0.25, 0.3) is 0 Å². The molecular formula is C35H50FNO3. The van der Waals surface area contributed by atoms with E-state index in [1.165, 1.54) is 16.7 Å². The van der Waals surface area contributed by atoms with Crippen LogP contribution in [0.4, 0.5) is 4.39 Å². The first-order valence-electron chi connectivity index (χ1n) is 15.1. The van der Waals surface area contributed by atoms with Crippen LogP contribution in [-0.4, -0.2) is 41.7 Å². The van der Waals surface area contributed by atoms with Crippen molar-refractivity contribution in [1.29, 1.82) is 0 Å². The molecule has 4 rings (SSSR count). The number of halogens is 1. The van der Waals surface area contributed by atoms with E-state index >= 15 is 0 Å². The molecule has 0 radical (unpaired) electrons. The van der Waals surface area contributed by atoms with Crippen molar-refractivity contribution in [1.82, 2.24) is 4.90 Å². The molecule has 6 atom stereocenters. The SMILES string of the molecule is CC(OC1CCC(CC2CCN(C)C(C(=O)O)C2)C1c1ccc(F)cc1)c1ccc(C(C)(C)C)cc1C(C)(C)C. The lowest BCUT2D eigenvalue weighted by Crippen LogP contribution is -2.45. The van der Waals surface area contributed by atoms with Crippen molar-refractivity contribution in [2.75, 3.05) is 13.6 Å². The highest BCUT2D eigenvalue weighted by Gasteiger charge is 2.41. The molecule has 5 heteroatoms. The third-order valence-electron chi connectivity index (χ3n) is 9.43. The lowest BCUT2D eigenvalue weighted by atomic mass is 9.77. The molecule has 220 valence electrons. The van der Waals surface area contributed by atoms with E-state index in [4.69, 9.17) is 4.74 Å². The standard InChI is InChI=1S/C35H50FNO3/c1-22(28-15-12-26(34(2,3)4)21-29(28)35(5,6)7)40-31-16-11-25(32(31)24-9-13-27(36)14-10-24)19-23-17-18-37(8)30(20-23)33(38)39/h9-10,12-15,21-23,25,30-32H,11,16-20H2,1-8H3,(H,38,39). The van der Waals surface area contributed by atoms with E-state index in [-0.39, 0.29) is 34.8 Å². The molecule has 0 aromatic heterocycles. The summed E-state index contributed by atoms with van der Waals surface area (Å²) >= 11 is 0. The number of likely N-dealkylation sites (tertiary alicyclic amines) is 1. The number of ether oxygens (including phenoxy) is 1. The first kappa shape index (κ1) is 30.7. The topological polar surface area (TPSA) is 49.8 Å². The maximum absolute atomic E-state index is 13.9. The monoisotopic (exact) mass is 551 g/mol. The molecule has 0 spiro atoms. The number of benzene rings is 2. The Morgan fingerprint density at radius 3 is 2.30 bits per heavy atom. The number of carboxylic acid groups (broad SMARTS) is 1. The Hall–Kier alpha value is -2.24.